The lowest BCUT2D eigenvalue weighted by atomic mass is 10.1. The van der Waals surface area contributed by atoms with Crippen molar-refractivity contribution < 1.29 is 14.3 Å². The molecule has 0 bridgehead atoms. The second kappa shape index (κ2) is 6.25. The van der Waals surface area contributed by atoms with Gasteiger partial charge >= 0.3 is 5.97 Å². The normalized spacial score (nSPS) is 9.90. The number of amides is 1. The Bertz CT molecular complexity index is 626. The Labute approximate surface area is 123 Å². The molecule has 0 aliphatic carbocycles. The highest BCUT2D eigenvalue weighted by atomic mass is 79.9. The van der Waals surface area contributed by atoms with Crippen LogP contribution in [-0.4, -0.2) is 29.2 Å². The number of anilines is 1. The molecule has 0 saturated carbocycles. The van der Waals surface area contributed by atoms with Crippen molar-refractivity contribution in [2.45, 2.75) is 0 Å². The molecule has 2 aromatic rings. The standard InChI is InChI=1S/C13H10BrN3O3/c1-20-13(19)9-4-2-8(3-5-9)12(18)15-11-7-6-10(14)16-17-11/h2-7H,1H3,(H,15,17,18). The van der Waals surface area contributed by atoms with Gasteiger partial charge in [-0.2, -0.15) is 0 Å². The first-order valence-electron chi connectivity index (χ1n) is 5.59. The third-order valence-corrected chi connectivity index (χ3v) is 2.86. The van der Waals surface area contributed by atoms with Gasteiger partial charge in [-0.05, 0) is 52.3 Å². The number of rotatable bonds is 3. The van der Waals surface area contributed by atoms with Gasteiger partial charge in [0.1, 0.15) is 4.60 Å². The summed E-state index contributed by atoms with van der Waals surface area (Å²) in [5.74, 6) is -0.441. The molecule has 7 heteroatoms. The molecule has 2 rings (SSSR count). The second-order valence-corrected chi connectivity index (χ2v) is 4.58. The molecule has 0 unspecified atom stereocenters. The van der Waals surface area contributed by atoms with Gasteiger partial charge in [0.05, 0.1) is 12.7 Å². The summed E-state index contributed by atoms with van der Waals surface area (Å²) in [5, 5.41) is 10.2. The average molecular weight is 336 g/mol. The van der Waals surface area contributed by atoms with E-state index in [0.717, 1.165) is 0 Å². The van der Waals surface area contributed by atoms with Gasteiger partial charge in [-0.1, -0.05) is 0 Å². The number of esters is 1. The fourth-order valence-corrected chi connectivity index (χ4v) is 1.66. The zero-order valence-electron chi connectivity index (χ0n) is 10.5. The van der Waals surface area contributed by atoms with E-state index in [9.17, 15) is 9.59 Å². The first-order valence-corrected chi connectivity index (χ1v) is 6.38. The van der Waals surface area contributed by atoms with Crippen LogP contribution in [0.15, 0.2) is 41.0 Å². The number of nitrogens with zero attached hydrogens (tertiary/aromatic N) is 2. The molecule has 0 atom stereocenters. The molecule has 102 valence electrons. The van der Waals surface area contributed by atoms with E-state index in [4.69, 9.17) is 0 Å². The third kappa shape index (κ3) is 3.39. The van der Waals surface area contributed by atoms with Gasteiger partial charge in [0.25, 0.3) is 5.91 Å². The van der Waals surface area contributed by atoms with E-state index in [2.05, 4.69) is 36.2 Å². The number of methoxy groups -OCH3 is 1. The van der Waals surface area contributed by atoms with Crippen molar-refractivity contribution in [2.24, 2.45) is 0 Å². The van der Waals surface area contributed by atoms with E-state index in [-0.39, 0.29) is 5.91 Å². The first-order chi connectivity index (χ1) is 9.60. The van der Waals surface area contributed by atoms with Crippen molar-refractivity contribution in [3.8, 4) is 0 Å². The van der Waals surface area contributed by atoms with E-state index in [1.807, 2.05) is 0 Å². The molecule has 1 amide bonds. The molecule has 0 saturated heterocycles. The molecule has 1 N–H and O–H groups in total. The fourth-order valence-electron chi connectivity index (χ4n) is 1.45. The Morgan fingerprint density at radius 3 is 2.25 bits per heavy atom. The lowest BCUT2D eigenvalue weighted by molar-refractivity contribution is 0.0600. The first kappa shape index (κ1) is 14.1. The number of hydrogen-bond acceptors (Lipinski definition) is 5. The number of carbonyl (C=O) groups excluding carboxylic acids is 2. The number of hydrogen-bond donors (Lipinski definition) is 1. The van der Waals surface area contributed by atoms with Crippen LogP contribution in [0.5, 0.6) is 0 Å². The smallest absolute Gasteiger partial charge is 0.337 e. The van der Waals surface area contributed by atoms with Crippen molar-refractivity contribution in [1.29, 1.82) is 0 Å². The Morgan fingerprint density at radius 1 is 1.05 bits per heavy atom. The van der Waals surface area contributed by atoms with Crippen molar-refractivity contribution in [2.75, 3.05) is 12.4 Å². The van der Waals surface area contributed by atoms with Crippen LogP contribution >= 0.6 is 15.9 Å². The van der Waals surface area contributed by atoms with Crippen LogP contribution in [-0.2, 0) is 4.74 Å². The summed E-state index contributed by atoms with van der Waals surface area (Å²) in [5.41, 5.74) is 0.787. The van der Waals surface area contributed by atoms with Crippen LogP contribution in [0.1, 0.15) is 20.7 Å². The molecule has 0 fully saturated rings. The predicted octanol–water partition coefficient (Wildman–Crippen LogP) is 2.28. The quantitative estimate of drug-likeness (QED) is 0.870. The molecule has 0 aliphatic heterocycles. The van der Waals surface area contributed by atoms with Crippen LogP contribution in [0.25, 0.3) is 0 Å². The van der Waals surface area contributed by atoms with E-state index >= 15 is 0 Å². The van der Waals surface area contributed by atoms with Gasteiger partial charge in [0, 0.05) is 5.56 Å². The fraction of sp³-hybridized carbons (Fsp3) is 0.0769. The minimum absolute atomic E-state index is 0.335. The highest BCUT2D eigenvalue weighted by Gasteiger charge is 2.09. The summed E-state index contributed by atoms with van der Waals surface area (Å²) in [6, 6.07) is 9.41. The largest absolute Gasteiger partial charge is 0.465 e. The van der Waals surface area contributed by atoms with Gasteiger partial charge in [-0.3, -0.25) is 4.79 Å². The Hall–Kier alpha value is -2.28. The summed E-state index contributed by atoms with van der Waals surface area (Å²) in [6.07, 6.45) is 0. The maximum atomic E-state index is 11.9. The van der Waals surface area contributed by atoms with Gasteiger partial charge in [0.15, 0.2) is 5.82 Å². The van der Waals surface area contributed by atoms with Gasteiger partial charge in [-0.25, -0.2) is 4.79 Å². The monoisotopic (exact) mass is 335 g/mol. The van der Waals surface area contributed by atoms with Crippen LogP contribution in [0.3, 0.4) is 0 Å². The zero-order chi connectivity index (χ0) is 14.5. The number of halogens is 1. The third-order valence-electron chi connectivity index (χ3n) is 2.44. The van der Waals surface area contributed by atoms with E-state index in [0.29, 0.717) is 21.5 Å². The number of nitrogens with one attached hydrogen (secondary N) is 1. The van der Waals surface area contributed by atoms with Crippen LogP contribution in [0.2, 0.25) is 0 Å². The maximum Gasteiger partial charge on any atom is 0.337 e. The summed E-state index contributed by atoms with van der Waals surface area (Å²) in [6.45, 7) is 0. The second-order valence-electron chi connectivity index (χ2n) is 3.76. The van der Waals surface area contributed by atoms with Crippen molar-refractivity contribution in [1.82, 2.24) is 10.2 Å². The summed E-state index contributed by atoms with van der Waals surface area (Å²) >= 11 is 3.15. The SMILES string of the molecule is COC(=O)c1ccc(C(=O)Nc2ccc(Br)nn2)cc1. The summed E-state index contributed by atoms with van der Waals surface area (Å²) < 4.78 is 5.16. The minimum Gasteiger partial charge on any atom is -0.465 e. The molecule has 1 aromatic carbocycles. The van der Waals surface area contributed by atoms with Crippen molar-refractivity contribution >= 4 is 33.6 Å². The molecule has 6 nitrogen and oxygen atoms in total. The highest BCUT2D eigenvalue weighted by molar-refractivity contribution is 9.10. The number of ether oxygens (including phenoxy) is 1. The minimum atomic E-state index is -0.448. The van der Waals surface area contributed by atoms with E-state index in [1.54, 1.807) is 12.1 Å². The predicted molar refractivity (Wildman–Crippen MR) is 75.5 cm³/mol. The van der Waals surface area contributed by atoms with Crippen LogP contribution in [0, 0.1) is 0 Å². The Morgan fingerprint density at radius 2 is 1.70 bits per heavy atom. The van der Waals surface area contributed by atoms with Crippen molar-refractivity contribution in [3.63, 3.8) is 0 Å². The Kier molecular flexibility index (Phi) is 4.41. The molecular weight excluding hydrogens is 326 g/mol. The van der Waals surface area contributed by atoms with Gasteiger partial charge in [0.2, 0.25) is 0 Å². The molecular formula is C13H10BrN3O3. The molecule has 20 heavy (non-hydrogen) atoms. The topological polar surface area (TPSA) is 81.2 Å². The molecule has 1 heterocycles. The van der Waals surface area contributed by atoms with E-state index in [1.165, 1.54) is 31.4 Å². The van der Waals surface area contributed by atoms with E-state index < -0.39 is 5.97 Å². The number of benzene rings is 1. The summed E-state index contributed by atoms with van der Waals surface area (Å²) in [4.78, 5) is 23.2. The molecule has 0 radical (unpaired) electrons. The lowest BCUT2D eigenvalue weighted by Gasteiger charge is -2.04. The molecule has 0 spiro atoms. The Balaban J connectivity index is 2.09. The lowest BCUT2D eigenvalue weighted by Crippen LogP contribution is -2.13. The highest BCUT2D eigenvalue weighted by Crippen LogP contribution is 2.10. The average Bonchev–Trinajstić information content (AvgIpc) is 2.49. The van der Waals surface area contributed by atoms with Crippen molar-refractivity contribution in [3.05, 3.63) is 52.1 Å². The number of aromatic nitrogens is 2. The maximum absolute atomic E-state index is 11.9. The van der Waals surface area contributed by atoms with Crippen LogP contribution < -0.4 is 5.32 Å². The van der Waals surface area contributed by atoms with Gasteiger partial charge < -0.3 is 10.1 Å². The molecule has 0 aliphatic rings. The zero-order valence-corrected chi connectivity index (χ0v) is 12.0. The van der Waals surface area contributed by atoms with Crippen LogP contribution in [0.4, 0.5) is 5.82 Å². The summed E-state index contributed by atoms with van der Waals surface area (Å²) in [7, 11) is 1.30. The number of carbonyl (C=O) groups is 2. The van der Waals surface area contributed by atoms with Gasteiger partial charge in [-0.15, -0.1) is 10.2 Å². The molecule has 1 aromatic heterocycles.